The van der Waals surface area contributed by atoms with Crippen molar-refractivity contribution >= 4 is 17.0 Å². The van der Waals surface area contributed by atoms with Crippen LogP contribution in [-0.2, 0) is 0 Å². The lowest BCUT2D eigenvalue weighted by molar-refractivity contribution is 1.39. The smallest absolute Gasteiger partial charge is 0.0488 e. The quantitative estimate of drug-likeness (QED) is 0.654. The highest BCUT2D eigenvalue weighted by molar-refractivity contribution is 5.85. The van der Waals surface area contributed by atoms with Crippen molar-refractivity contribution in [3.05, 3.63) is 42.1 Å². The van der Waals surface area contributed by atoms with Gasteiger partial charge in [-0.2, -0.15) is 0 Å². The van der Waals surface area contributed by atoms with Crippen molar-refractivity contribution in [2.75, 3.05) is 0 Å². The molecule has 1 aromatic heterocycles. The topological polar surface area (TPSA) is 15.8 Å². The van der Waals surface area contributed by atoms with Crippen molar-refractivity contribution in [2.45, 2.75) is 6.92 Å². The standard InChI is InChI=1S/C11H11N/c1-3-10-7-9-6-4-5-8(2)11(9)12-10/h3-7,12H,1H2,2H3. The van der Waals surface area contributed by atoms with Gasteiger partial charge in [0, 0.05) is 16.6 Å². The maximum absolute atomic E-state index is 3.72. The number of nitrogens with one attached hydrogen (secondary N) is 1. The fourth-order valence-electron chi connectivity index (χ4n) is 1.44. The Kier molecular flexibility index (Phi) is 1.51. The van der Waals surface area contributed by atoms with E-state index in [9.17, 15) is 0 Å². The largest absolute Gasteiger partial charge is 0.355 e. The zero-order valence-corrected chi connectivity index (χ0v) is 7.09. The predicted octanol–water partition coefficient (Wildman–Crippen LogP) is 3.12. The molecule has 1 heteroatoms. The highest BCUT2D eigenvalue weighted by atomic mass is 14.7. The molecule has 60 valence electrons. The highest BCUT2D eigenvalue weighted by Gasteiger charge is 1.98. The number of hydrogen-bond acceptors (Lipinski definition) is 0. The van der Waals surface area contributed by atoms with Crippen LogP contribution in [0, 0.1) is 6.92 Å². The van der Waals surface area contributed by atoms with E-state index >= 15 is 0 Å². The van der Waals surface area contributed by atoms with Crippen LogP contribution < -0.4 is 0 Å². The van der Waals surface area contributed by atoms with Crippen LogP contribution >= 0.6 is 0 Å². The average Bonchev–Trinajstić information content (AvgIpc) is 2.49. The van der Waals surface area contributed by atoms with E-state index < -0.39 is 0 Å². The Morgan fingerprint density at radius 3 is 2.92 bits per heavy atom. The van der Waals surface area contributed by atoms with E-state index in [-0.39, 0.29) is 0 Å². The number of benzene rings is 1. The molecule has 1 N–H and O–H groups in total. The lowest BCUT2D eigenvalue weighted by Crippen LogP contribution is -1.74. The fraction of sp³-hybridized carbons (Fsp3) is 0.0909. The lowest BCUT2D eigenvalue weighted by Gasteiger charge is -1.92. The molecule has 0 saturated heterocycles. The second-order valence-corrected chi connectivity index (χ2v) is 2.97. The van der Waals surface area contributed by atoms with E-state index in [0.29, 0.717) is 0 Å². The van der Waals surface area contributed by atoms with Crippen molar-refractivity contribution < 1.29 is 0 Å². The molecule has 2 rings (SSSR count). The van der Waals surface area contributed by atoms with E-state index in [4.69, 9.17) is 0 Å². The van der Waals surface area contributed by atoms with Gasteiger partial charge in [0.05, 0.1) is 0 Å². The van der Waals surface area contributed by atoms with Crippen LogP contribution in [0.4, 0.5) is 0 Å². The summed E-state index contributed by atoms with van der Waals surface area (Å²) in [5.41, 5.74) is 3.58. The molecule has 0 aliphatic carbocycles. The first kappa shape index (κ1) is 7.17. The first-order chi connectivity index (χ1) is 5.81. The van der Waals surface area contributed by atoms with Crippen LogP contribution in [0.2, 0.25) is 0 Å². The molecular formula is C11H11N. The van der Waals surface area contributed by atoms with Crippen LogP contribution in [0.3, 0.4) is 0 Å². The first-order valence-corrected chi connectivity index (χ1v) is 4.02. The summed E-state index contributed by atoms with van der Waals surface area (Å²) in [4.78, 5) is 3.30. The van der Waals surface area contributed by atoms with Gasteiger partial charge in [0.1, 0.15) is 0 Å². The molecule has 0 saturated carbocycles. The second-order valence-electron chi connectivity index (χ2n) is 2.97. The zero-order chi connectivity index (χ0) is 8.55. The number of aromatic amines is 1. The van der Waals surface area contributed by atoms with Gasteiger partial charge >= 0.3 is 0 Å². The summed E-state index contributed by atoms with van der Waals surface area (Å²) in [7, 11) is 0. The van der Waals surface area contributed by atoms with Crippen LogP contribution in [0.25, 0.3) is 17.0 Å². The molecule has 0 spiro atoms. The molecular weight excluding hydrogens is 146 g/mol. The Bertz CT molecular complexity index is 423. The Morgan fingerprint density at radius 1 is 1.42 bits per heavy atom. The zero-order valence-electron chi connectivity index (χ0n) is 7.09. The third kappa shape index (κ3) is 0.944. The maximum atomic E-state index is 3.72. The number of aromatic nitrogens is 1. The van der Waals surface area contributed by atoms with E-state index in [1.54, 1.807) is 0 Å². The SMILES string of the molecule is C=Cc1cc2cccc(C)c2[nH]1. The molecule has 0 unspecified atom stereocenters. The third-order valence-electron chi connectivity index (χ3n) is 2.11. The Morgan fingerprint density at radius 2 is 2.25 bits per heavy atom. The summed E-state index contributed by atoms with van der Waals surface area (Å²) in [5, 5.41) is 1.25. The van der Waals surface area contributed by atoms with E-state index in [1.807, 2.05) is 6.08 Å². The summed E-state index contributed by atoms with van der Waals surface area (Å²) in [6.07, 6.45) is 1.83. The van der Waals surface area contributed by atoms with Crippen molar-refractivity contribution in [2.24, 2.45) is 0 Å². The van der Waals surface area contributed by atoms with E-state index in [0.717, 1.165) is 5.69 Å². The van der Waals surface area contributed by atoms with Crippen LogP contribution in [0.5, 0.6) is 0 Å². The van der Waals surface area contributed by atoms with Crippen LogP contribution in [0.1, 0.15) is 11.3 Å². The van der Waals surface area contributed by atoms with Gasteiger partial charge in [-0.05, 0) is 24.6 Å². The van der Waals surface area contributed by atoms with Crippen molar-refractivity contribution in [3.8, 4) is 0 Å². The van der Waals surface area contributed by atoms with Crippen molar-refractivity contribution in [3.63, 3.8) is 0 Å². The second kappa shape index (κ2) is 2.52. The minimum Gasteiger partial charge on any atom is -0.355 e. The van der Waals surface area contributed by atoms with Gasteiger partial charge in [-0.3, -0.25) is 0 Å². The number of para-hydroxylation sites is 1. The number of rotatable bonds is 1. The first-order valence-electron chi connectivity index (χ1n) is 4.02. The van der Waals surface area contributed by atoms with Gasteiger partial charge in [0.15, 0.2) is 0 Å². The number of hydrogen-bond donors (Lipinski definition) is 1. The van der Waals surface area contributed by atoms with Gasteiger partial charge in [0.25, 0.3) is 0 Å². The Labute approximate surface area is 71.7 Å². The summed E-state index contributed by atoms with van der Waals surface area (Å²) < 4.78 is 0. The molecule has 1 nitrogen and oxygen atoms in total. The normalized spacial score (nSPS) is 10.4. The molecule has 0 amide bonds. The minimum atomic E-state index is 1.08. The monoisotopic (exact) mass is 157 g/mol. The molecule has 12 heavy (non-hydrogen) atoms. The summed E-state index contributed by atoms with van der Waals surface area (Å²) in [6, 6.07) is 8.38. The van der Waals surface area contributed by atoms with Gasteiger partial charge in [-0.15, -0.1) is 0 Å². The lowest BCUT2D eigenvalue weighted by atomic mass is 10.2. The number of fused-ring (bicyclic) bond motifs is 1. The minimum absolute atomic E-state index is 1.08. The van der Waals surface area contributed by atoms with Crippen LogP contribution in [-0.4, -0.2) is 4.98 Å². The third-order valence-corrected chi connectivity index (χ3v) is 2.11. The molecule has 1 heterocycles. The molecule has 2 aromatic rings. The Hall–Kier alpha value is -1.50. The molecule has 1 aromatic carbocycles. The fourth-order valence-corrected chi connectivity index (χ4v) is 1.44. The van der Waals surface area contributed by atoms with E-state index in [2.05, 4.69) is 42.8 Å². The molecule has 0 aliphatic rings. The summed E-state index contributed by atoms with van der Waals surface area (Å²) in [5.74, 6) is 0. The van der Waals surface area contributed by atoms with Crippen LogP contribution in [0.15, 0.2) is 30.8 Å². The number of aryl methyl sites for hydroxylation is 1. The molecule has 0 aliphatic heterocycles. The van der Waals surface area contributed by atoms with Crippen molar-refractivity contribution in [1.82, 2.24) is 4.98 Å². The van der Waals surface area contributed by atoms with Gasteiger partial charge < -0.3 is 4.98 Å². The summed E-state index contributed by atoms with van der Waals surface area (Å²) >= 11 is 0. The highest BCUT2D eigenvalue weighted by Crippen LogP contribution is 2.18. The van der Waals surface area contributed by atoms with E-state index in [1.165, 1.54) is 16.5 Å². The molecule has 0 radical (unpaired) electrons. The molecule has 0 fully saturated rings. The molecule has 0 bridgehead atoms. The van der Waals surface area contributed by atoms with Gasteiger partial charge in [0.2, 0.25) is 0 Å². The molecule has 0 atom stereocenters. The number of H-pyrrole nitrogens is 1. The summed E-state index contributed by atoms with van der Waals surface area (Å²) in [6.45, 7) is 5.83. The average molecular weight is 157 g/mol. The van der Waals surface area contributed by atoms with Gasteiger partial charge in [-0.25, -0.2) is 0 Å². The predicted molar refractivity (Wildman–Crippen MR) is 53.1 cm³/mol. The van der Waals surface area contributed by atoms with Crippen molar-refractivity contribution in [1.29, 1.82) is 0 Å². The maximum Gasteiger partial charge on any atom is 0.0488 e. The Balaban J connectivity index is 2.82. The van der Waals surface area contributed by atoms with Gasteiger partial charge in [-0.1, -0.05) is 24.8 Å².